The first-order valence-corrected chi connectivity index (χ1v) is 5.84. The van der Waals surface area contributed by atoms with E-state index in [1.807, 2.05) is 52.1 Å². The van der Waals surface area contributed by atoms with Crippen LogP contribution in [0.2, 0.25) is 0 Å². The Labute approximate surface area is 108 Å². The number of nitriles is 1. The van der Waals surface area contributed by atoms with Crippen molar-refractivity contribution in [3.8, 4) is 6.19 Å². The predicted molar refractivity (Wildman–Crippen MR) is 71.7 cm³/mol. The lowest BCUT2D eigenvalue weighted by Gasteiger charge is -2.23. The van der Waals surface area contributed by atoms with E-state index in [4.69, 9.17) is 5.26 Å². The molecule has 1 atom stereocenters. The summed E-state index contributed by atoms with van der Waals surface area (Å²) in [5.41, 5.74) is 0.706. The Hall–Kier alpha value is -2.09. The highest BCUT2D eigenvalue weighted by Crippen LogP contribution is 2.13. The molecule has 0 radical (unpaired) electrons. The number of guanidine groups is 1. The van der Waals surface area contributed by atoms with Gasteiger partial charge in [-0.25, -0.2) is 4.99 Å². The minimum absolute atomic E-state index is 0.114. The fraction of sp³-hybridized carbons (Fsp3) is 0.462. The molecular formula is C13H19N5. The van der Waals surface area contributed by atoms with E-state index in [0.29, 0.717) is 5.96 Å². The van der Waals surface area contributed by atoms with Crippen molar-refractivity contribution in [1.82, 2.24) is 15.6 Å². The van der Waals surface area contributed by atoms with Crippen molar-refractivity contribution in [3.05, 3.63) is 30.1 Å². The van der Waals surface area contributed by atoms with Crippen LogP contribution in [0.25, 0.3) is 0 Å². The summed E-state index contributed by atoms with van der Waals surface area (Å²) in [4.78, 5) is 8.67. The van der Waals surface area contributed by atoms with E-state index in [1.165, 1.54) is 0 Å². The van der Waals surface area contributed by atoms with Crippen LogP contribution in [0, 0.1) is 11.5 Å². The highest BCUT2D eigenvalue weighted by Gasteiger charge is 2.13. The number of aliphatic imine (C=N–C) groups is 1. The van der Waals surface area contributed by atoms with Crippen LogP contribution in [0.5, 0.6) is 0 Å². The van der Waals surface area contributed by atoms with Crippen LogP contribution in [0.3, 0.4) is 0 Å². The summed E-state index contributed by atoms with van der Waals surface area (Å²) in [6.45, 7) is 7.96. The van der Waals surface area contributed by atoms with Crippen LogP contribution in [-0.2, 0) is 0 Å². The molecule has 0 spiro atoms. The molecule has 0 amide bonds. The van der Waals surface area contributed by atoms with Crippen molar-refractivity contribution in [2.75, 3.05) is 0 Å². The smallest absolute Gasteiger partial charge is 0.205 e. The molecule has 0 fully saturated rings. The summed E-state index contributed by atoms with van der Waals surface area (Å²) < 4.78 is 0. The predicted octanol–water partition coefficient (Wildman–Crippen LogP) is 1.96. The molecule has 5 heteroatoms. The minimum atomic E-state index is -0.160. The molecule has 18 heavy (non-hydrogen) atoms. The number of hydrogen-bond donors (Lipinski definition) is 2. The molecule has 0 bridgehead atoms. The Morgan fingerprint density at radius 2 is 2.17 bits per heavy atom. The zero-order valence-corrected chi connectivity index (χ0v) is 11.2. The average Bonchev–Trinajstić information content (AvgIpc) is 2.28. The van der Waals surface area contributed by atoms with Crippen molar-refractivity contribution < 1.29 is 0 Å². The van der Waals surface area contributed by atoms with Crippen molar-refractivity contribution in [2.24, 2.45) is 4.99 Å². The highest BCUT2D eigenvalue weighted by molar-refractivity contribution is 5.82. The zero-order valence-electron chi connectivity index (χ0n) is 11.2. The van der Waals surface area contributed by atoms with Crippen LogP contribution in [0.1, 0.15) is 39.4 Å². The lowest BCUT2D eigenvalue weighted by molar-refractivity contribution is 0.503. The molecule has 0 aliphatic heterocycles. The molecule has 96 valence electrons. The molecule has 1 rings (SSSR count). The average molecular weight is 245 g/mol. The lowest BCUT2D eigenvalue weighted by Crippen LogP contribution is -2.46. The summed E-state index contributed by atoms with van der Waals surface area (Å²) in [6.07, 6.45) is 3.62. The maximum atomic E-state index is 8.72. The first kappa shape index (κ1) is 14.0. The van der Waals surface area contributed by atoms with Crippen molar-refractivity contribution in [1.29, 1.82) is 5.26 Å². The van der Waals surface area contributed by atoms with Crippen molar-refractivity contribution in [2.45, 2.75) is 39.3 Å². The highest BCUT2D eigenvalue weighted by atomic mass is 15.2. The van der Waals surface area contributed by atoms with E-state index in [9.17, 15) is 0 Å². The molecule has 0 aliphatic rings. The topological polar surface area (TPSA) is 73.1 Å². The van der Waals surface area contributed by atoms with E-state index >= 15 is 0 Å². The summed E-state index contributed by atoms with van der Waals surface area (Å²) >= 11 is 0. The molecule has 1 aromatic heterocycles. The Morgan fingerprint density at radius 1 is 1.44 bits per heavy atom. The largest absolute Gasteiger partial charge is 0.351 e. The van der Waals surface area contributed by atoms with Gasteiger partial charge in [0.2, 0.25) is 5.96 Å². The normalized spacial score (nSPS) is 13.6. The second-order valence-corrected chi connectivity index (χ2v) is 5.02. The quantitative estimate of drug-likeness (QED) is 0.361. The summed E-state index contributed by atoms with van der Waals surface area (Å²) in [6, 6.07) is 5.58. The van der Waals surface area contributed by atoms with Gasteiger partial charge in [0.15, 0.2) is 6.19 Å². The van der Waals surface area contributed by atoms with Gasteiger partial charge in [-0.05, 0) is 39.8 Å². The van der Waals surface area contributed by atoms with Crippen molar-refractivity contribution >= 4 is 5.96 Å². The van der Waals surface area contributed by atoms with E-state index in [1.54, 1.807) is 6.20 Å². The second kappa shape index (κ2) is 6.01. The van der Waals surface area contributed by atoms with Gasteiger partial charge in [-0.3, -0.25) is 10.3 Å². The molecule has 1 unspecified atom stereocenters. The second-order valence-electron chi connectivity index (χ2n) is 5.02. The SMILES string of the molecule is CC(N=C(NC#N)NC(C)(C)C)c1ccccn1. The monoisotopic (exact) mass is 245 g/mol. The fourth-order valence-corrected chi connectivity index (χ4v) is 1.39. The molecule has 1 aromatic rings. The van der Waals surface area contributed by atoms with E-state index in [-0.39, 0.29) is 11.6 Å². The molecule has 2 N–H and O–H groups in total. The number of nitrogens with one attached hydrogen (secondary N) is 2. The minimum Gasteiger partial charge on any atom is -0.351 e. The number of aromatic nitrogens is 1. The van der Waals surface area contributed by atoms with Gasteiger partial charge in [0, 0.05) is 11.7 Å². The number of pyridine rings is 1. The van der Waals surface area contributed by atoms with Gasteiger partial charge in [-0.2, -0.15) is 5.26 Å². The van der Waals surface area contributed by atoms with E-state index in [2.05, 4.69) is 20.6 Å². The molecule has 1 heterocycles. The van der Waals surface area contributed by atoms with Crippen LogP contribution >= 0.6 is 0 Å². The molecule has 0 saturated carbocycles. The van der Waals surface area contributed by atoms with Crippen LogP contribution in [0.4, 0.5) is 0 Å². The maximum Gasteiger partial charge on any atom is 0.205 e. The Morgan fingerprint density at radius 3 is 2.67 bits per heavy atom. The zero-order chi connectivity index (χ0) is 13.6. The van der Waals surface area contributed by atoms with Crippen LogP contribution in [-0.4, -0.2) is 16.5 Å². The third kappa shape index (κ3) is 4.83. The number of nitrogens with zero attached hydrogens (tertiary/aromatic N) is 3. The lowest BCUT2D eigenvalue weighted by atomic mass is 10.1. The molecule has 0 saturated heterocycles. The van der Waals surface area contributed by atoms with Gasteiger partial charge in [-0.15, -0.1) is 0 Å². The molecular weight excluding hydrogens is 226 g/mol. The van der Waals surface area contributed by atoms with Gasteiger partial charge in [0.25, 0.3) is 0 Å². The number of rotatable bonds is 2. The van der Waals surface area contributed by atoms with Gasteiger partial charge < -0.3 is 5.32 Å². The van der Waals surface area contributed by atoms with Gasteiger partial charge >= 0.3 is 0 Å². The fourth-order valence-electron chi connectivity index (χ4n) is 1.39. The Bertz CT molecular complexity index is 439. The van der Waals surface area contributed by atoms with E-state index in [0.717, 1.165) is 5.69 Å². The summed E-state index contributed by atoms with van der Waals surface area (Å²) in [5, 5.41) is 14.4. The van der Waals surface area contributed by atoms with Gasteiger partial charge in [0.05, 0.1) is 11.7 Å². The maximum absolute atomic E-state index is 8.72. The summed E-state index contributed by atoms with van der Waals surface area (Å²) in [7, 11) is 0. The number of hydrogen-bond acceptors (Lipinski definition) is 3. The Kier molecular flexibility index (Phi) is 4.67. The third-order valence-corrected chi connectivity index (χ3v) is 2.11. The van der Waals surface area contributed by atoms with Gasteiger partial charge in [0.1, 0.15) is 0 Å². The van der Waals surface area contributed by atoms with Gasteiger partial charge in [-0.1, -0.05) is 6.07 Å². The van der Waals surface area contributed by atoms with Crippen molar-refractivity contribution in [3.63, 3.8) is 0 Å². The van der Waals surface area contributed by atoms with E-state index < -0.39 is 0 Å². The molecule has 0 aliphatic carbocycles. The standard InChI is InChI=1S/C13H19N5/c1-10(11-7-5-6-8-15-11)17-12(16-9-14)18-13(2,3)4/h5-8,10H,1-4H3,(H2,16,17,18). The summed E-state index contributed by atoms with van der Waals surface area (Å²) in [5.74, 6) is 0.461. The third-order valence-electron chi connectivity index (χ3n) is 2.11. The van der Waals surface area contributed by atoms with Crippen LogP contribution < -0.4 is 10.6 Å². The Balaban J connectivity index is 2.85. The van der Waals surface area contributed by atoms with Crippen LogP contribution in [0.15, 0.2) is 29.4 Å². The first-order valence-electron chi connectivity index (χ1n) is 5.84. The molecule has 5 nitrogen and oxygen atoms in total. The first-order chi connectivity index (χ1) is 8.42. The molecule has 0 aromatic carbocycles.